The van der Waals surface area contributed by atoms with Gasteiger partial charge in [-0.15, -0.1) is 0 Å². The quantitative estimate of drug-likeness (QED) is 0.744. The van der Waals surface area contributed by atoms with E-state index in [2.05, 4.69) is 24.4 Å². The number of ether oxygens (including phenoxy) is 1. The summed E-state index contributed by atoms with van der Waals surface area (Å²) in [5.74, 6) is 1.66. The summed E-state index contributed by atoms with van der Waals surface area (Å²) in [5.41, 5.74) is 2.74. The predicted molar refractivity (Wildman–Crippen MR) is 73.0 cm³/mol. The minimum Gasteiger partial charge on any atom is -0.497 e. The van der Waals surface area contributed by atoms with Gasteiger partial charge in [-0.3, -0.25) is 0 Å². The first-order valence-electron chi connectivity index (χ1n) is 6.77. The summed E-state index contributed by atoms with van der Waals surface area (Å²) in [7, 11) is 1.74. The van der Waals surface area contributed by atoms with Crippen molar-refractivity contribution < 1.29 is 4.74 Å². The lowest BCUT2D eigenvalue weighted by Gasteiger charge is -2.10. The summed E-state index contributed by atoms with van der Waals surface area (Å²) in [6, 6.07) is 6.37. The number of nitrogens with one attached hydrogen (secondary N) is 1. The van der Waals surface area contributed by atoms with E-state index >= 15 is 0 Å². The molecule has 0 bridgehead atoms. The fourth-order valence-electron chi connectivity index (χ4n) is 2.58. The van der Waals surface area contributed by atoms with Crippen LogP contribution < -0.4 is 10.1 Å². The van der Waals surface area contributed by atoms with Gasteiger partial charge in [-0.1, -0.05) is 32.6 Å². The van der Waals surface area contributed by atoms with E-state index in [1.54, 1.807) is 7.11 Å². The Morgan fingerprint density at radius 1 is 1.29 bits per heavy atom. The van der Waals surface area contributed by atoms with Crippen LogP contribution in [0.25, 0.3) is 0 Å². The van der Waals surface area contributed by atoms with Crippen LogP contribution in [0.3, 0.4) is 0 Å². The molecule has 2 nitrogen and oxygen atoms in total. The molecule has 0 fully saturated rings. The molecule has 1 aliphatic heterocycles. The highest BCUT2D eigenvalue weighted by atomic mass is 16.5. The maximum atomic E-state index is 5.30. The number of fused-ring (bicyclic) bond motifs is 1. The average molecular weight is 233 g/mol. The van der Waals surface area contributed by atoms with E-state index in [-0.39, 0.29) is 0 Å². The Bertz CT molecular complexity index is 362. The van der Waals surface area contributed by atoms with Crippen molar-refractivity contribution in [2.75, 3.05) is 19.0 Å². The molecule has 17 heavy (non-hydrogen) atoms. The van der Waals surface area contributed by atoms with E-state index in [9.17, 15) is 0 Å². The molecule has 0 aromatic heterocycles. The van der Waals surface area contributed by atoms with Crippen LogP contribution in [0.2, 0.25) is 0 Å². The van der Waals surface area contributed by atoms with E-state index < -0.39 is 0 Å². The van der Waals surface area contributed by atoms with Gasteiger partial charge in [-0.25, -0.2) is 0 Å². The summed E-state index contributed by atoms with van der Waals surface area (Å²) < 4.78 is 5.30. The van der Waals surface area contributed by atoms with Gasteiger partial charge in [0, 0.05) is 18.2 Å². The van der Waals surface area contributed by atoms with Crippen molar-refractivity contribution in [3.63, 3.8) is 0 Å². The molecule has 2 heteroatoms. The number of benzene rings is 1. The van der Waals surface area contributed by atoms with E-state index in [0.717, 1.165) is 12.3 Å². The molecular formula is C15H23NO. The largest absolute Gasteiger partial charge is 0.497 e. The van der Waals surface area contributed by atoms with Gasteiger partial charge >= 0.3 is 0 Å². The van der Waals surface area contributed by atoms with Gasteiger partial charge in [0.2, 0.25) is 0 Å². The first-order chi connectivity index (χ1) is 8.35. The molecule has 1 aromatic rings. The van der Waals surface area contributed by atoms with Gasteiger partial charge in [0.1, 0.15) is 5.75 Å². The van der Waals surface area contributed by atoms with Crippen LogP contribution >= 0.6 is 0 Å². The third-order valence-corrected chi connectivity index (χ3v) is 3.64. The van der Waals surface area contributed by atoms with E-state index in [1.165, 1.54) is 43.4 Å². The maximum Gasteiger partial charge on any atom is 0.119 e. The molecule has 0 saturated heterocycles. The van der Waals surface area contributed by atoms with Crippen molar-refractivity contribution in [2.45, 2.75) is 44.9 Å². The van der Waals surface area contributed by atoms with Crippen LogP contribution in [0.4, 0.5) is 5.69 Å². The number of hydrogen-bond acceptors (Lipinski definition) is 2. The molecule has 2 rings (SSSR count). The molecule has 0 radical (unpaired) electrons. The van der Waals surface area contributed by atoms with Crippen molar-refractivity contribution in [1.82, 2.24) is 0 Å². The summed E-state index contributed by atoms with van der Waals surface area (Å²) in [5, 5.41) is 3.49. The summed E-state index contributed by atoms with van der Waals surface area (Å²) >= 11 is 0. The second kappa shape index (κ2) is 5.95. The maximum absolute atomic E-state index is 5.30. The molecular weight excluding hydrogens is 210 g/mol. The SMILES string of the molecule is CCCCCCC1CNc2ccc(OC)cc21. The van der Waals surface area contributed by atoms with Crippen LogP contribution in [-0.2, 0) is 0 Å². The number of anilines is 1. The molecule has 1 heterocycles. The second-order valence-corrected chi connectivity index (χ2v) is 4.88. The Labute approximate surface area is 104 Å². The smallest absolute Gasteiger partial charge is 0.119 e. The molecule has 0 aliphatic carbocycles. The van der Waals surface area contributed by atoms with Crippen LogP contribution in [0.5, 0.6) is 5.75 Å². The summed E-state index contributed by atoms with van der Waals surface area (Å²) in [6.45, 7) is 3.35. The standard InChI is InChI=1S/C15H23NO/c1-3-4-5-6-7-12-11-16-15-9-8-13(17-2)10-14(12)15/h8-10,12,16H,3-7,11H2,1-2H3. The highest BCUT2D eigenvalue weighted by Crippen LogP contribution is 2.36. The van der Waals surface area contributed by atoms with E-state index in [1.807, 2.05) is 6.07 Å². The Hall–Kier alpha value is -1.18. The third-order valence-electron chi connectivity index (χ3n) is 3.64. The van der Waals surface area contributed by atoms with Gasteiger partial charge in [0.15, 0.2) is 0 Å². The van der Waals surface area contributed by atoms with Gasteiger partial charge in [-0.05, 0) is 30.2 Å². The lowest BCUT2D eigenvalue weighted by Crippen LogP contribution is -2.01. The topological polar surface area (TPSA) is 21.3 Å². The van der Waals surface area contributed by atoms with Crippen molar-refractivity contribution in [2.24, 2.45) is 0 Å². The zero-order valence-electron chi connectivity index (χ0n) is 11.0. The molecule has 1 N–H and O–H groups in total. The van der Waals surface area contributed by atoms with Crippen LogP contribution in [0, 0.1) is 0 Å². The molecule has 94 valence electrons. The highest BCUT2D eigenvalue weighted by Gasteiger charge is 2.21. The number of rotatable bonds is 6. The third kappa shape index (κ3) is 2.93. The Balaban J connectivity index is 1.95. The predicted octanol–water partition coefficient (Wildman–Crippen LogP) is 4.17. The first kappa shape index (κ1) is 12.3. The van der Waals surface area contributed by atoms with E-state index in [4.69, 9.17) is 4.74 Å². The second-order valence-electron chi connectivity index (χ2n) is 4.88. The molecule has 0 spiro atoms. The molecule has 1 aliphatic rings. The van der Waals surface area contributed by atoms with Crippen LogP contribution in [0.15, 0.2) is 18.2 Å². The number of unbranched alkanes of at least 4 members (excludes halogenated alkanes) is 3. The molecule has 1 unspecified atom stereocenters. The van der Waals surface area contributed by atoms with Gasteiger partial charge in [-0.2, -0.15) is 0 Å². The zero-order chi connectivity index (χ0) is 12.1. The van der Waals surface area contributed by atoms with E-state index in [0.29, 0.717) is 5.92 Å². The minimum atomic E-state index is 0.678. The van der Waals surface area contributed by atoms with Crippen LogP contribution in [-0.4, -0.2) is 13.7 Å². The zero-order valence-corrected chi connectivity index (χ0v) is 11.0. The van der Waals surface area contributed by atoms with Gasteiger partial charge in [0.25, 0.3) is 0 Å². The summed E-state index contributed by atoms with van der Waals surface area (Å²) in [6.07, 6.45) is 6.69. The molecule has 1 aromatic carbocycles. The van der Waals surface area contributed by atoms with Crippen molar-refractivity contribution >= 4 is 5.69 Å². The Kier molecular flexibility index (Phi) is 4.29. The van der Waals surface area contributed by atoms with Gasteiger partial charge < -0.3 is 10.1 Å². The lowest BCUT2D eigenvalue weighted by atomic mass is 9.95. The van der Waals surface area contributed by atoms with Crippen LogP contribution in [0.1, 0.15) is 50.5 Å². The highest BCUT2D eigenvalue weighted by molar-refractivity contribution is 5.60. The molecule has 0 saturated carbocycles. The summed E-state index contributed by atoms with van der Waals surface area (Å²) in [4.78, 5) is 0. The molecule has 1 atom stereocenters. The van der Waals surface area contributed by atoms with Crippen molar-refractivity contribution in [3.8, 4) is 5.75 Å². The first-order valence-corrected chi connectivity index (χ1v) is 6.77. The number of methoxy groups -OCH3 is 1. The Morgan fingerprint density at radius 2 is 2.18 bits per heavy atom. The number of hydrogen-bond donors (Lipinski definition) is 1. The van der Waals surface area contributed by atoms with Gasteiger partial charge in [0.05, 0.1) is 7.11 Å². The average Bonchev–Trinajstić information content (AvgIpc) is 2.77. The lowest BCUT2D eigenvalue weighted by molar-refractivity contribution is 0.414. The van der Waals surface area contributed by atoms with Crippen molar-refractivity contribution in [1.29, 1.82) is 0 Å². The fourth-order valence-corrected chi connectivity index (χ4v) is 2.58. The Morgan fingerprint density at radius 3 is 2.94 bits per heavy atom. The fraction of sp³-hybridized carbons (Fsp3) is 0.600. The normalized spacial score (nSPS) is 17.6. The molecule has 0 amide bonds. The van der Waals surface area contributed by atoms with Crippen molar-refractivity contribution in [3.05, 3.63) is 23.8 Å². The minimum absolute atomic E-state index is 0.678. The monoisotopic (exact) mass is 233 g/mol.